The van der Waals surface area contributed by atoms with Gasteiger partial charge in [-0.2, -0.15) is 0 Å². The van der Waals surface area contributed by atoms with E-state index >= 15 is 0 Å². The fourth-order valence-electron chi connectivity index (χ4n) is 11.0. The van der Waals surface area contributed by atoms with E-state index in [0.717, 1.165) is 0 Å². The summed E-state index contributed by atoms with van der Waals surface area (Å²) in [5.74, 6) is -16.3. The Hall–Kier alpha value is -9.80. The minimum absolute atomic E-state index is 0.0173. The predicted octanol–water partition coefficient (Wildman–Crippen LogP) is -0.866. The van der Waals surface area contributed by atoms with Gasteiger partial charge in [0.1, 0.15) is 66.5 Å². The number of nitrogens with one attached hydrogen (secondary N) is 12. The summed E-state index contributed by atoms with van der Waals surface area (Å²) in [4.78, 5) is 203. The third-order valence-corrected chi connectivity index (χ3v) is 16.5. The Morgan fingerprint density at radius 2 is 0.819 bits per heavy atom. The summed E-state index contributed by atoms with van der Waals surface area (Å²) in [5.41, 5.74) is 18.2. The van der Waals surface area contributed by atoms with Gasteiger partial charge in [0.2, 0.25) is 65.0 Å². The average molecular weight is 1480 g/mol. The van der Waals surface area contributed by atoms with Crippen molar-refractivity contribution in [3.05, 3.63) is 54.1 Å². The number of aliphatic hydroxyl groups excluding tert-OH is 1. The molecule has 0 saturated heterocycles. The van der Waals surface area contributed by atoms with Gasteiger partial charge < -0.3 is 101 Å². The smallest absolute Gasteiger partial charge is 0.326 e. The number of aromatic amines is 1. The summed E-state index contributed by atoms with van der Waals surface area (Å²) < 4.78 is 0. The summed E-state index contributed by atoms with van der Waals surface area (Å²) in [6.45, 7) is 20.2. The van der Waals surface area contributed by atoms with Crippen LogP contribution in [0.4, 0.5) is 0 Å². The van der Waals surface area contributed by atoms with Crippen molar-refractivity contribution in [1.82, 2.24) is 68.5 Å². The van der Waals surface area contributed by atoms with Gasteiger partial charge in [-0.05, 0) is 99.9 Å². The number of carboxylic acid groups (broad SMARTS) is 3. The number of hydrogen-bond acceptors (Lipinski definition) is 18. The zero-order valence-corrected chi connectivity index (χ0v) is 62.4. The maximum absolute atomic E-state index is 14.7. The number of carboxylic acids is 3. The minimum atomic E-state index is -1.72. The molecule has 0 fully saturated rings. The highest BCUT2D eigenvalue weighted by Crippen LogP contribution is 2.16. The summed E-state index contributed by atoms with van der Waals surface area (Å²) in [5, 5.41) is 68.2. The SMILES string of the molecule is CCCC[C@H](NC(=O)[C@H](CCC(=O)O)NC(=O)[C@H](CC(C)C)NC(=O)[C@@H](NC(=O)[C@H](CCC(=O)O)NC(=O)[C@H](CCCN=C(N)N)NC(=O)[C@H](CC(C)C)NC(=O)[C@H](CC(C)C)NC(=O)[C@H](Cc1cnc[nH]1)NC(=O)[C@@H](Cc1ccccc1)NC(=O)[C@@H](NC(=O)[C@@H](N)CC(C)C)[C@@H](C)O)C(C)C)C(=O)O. The summed E-state index contributed by atoms with van der Waals surface area (Å²) in [6, 6.07) is -8.97. The maximum atomic E-state index is 14.7. The highest BCUT2D eigenvalue weighted by molar-refractivity contribution is 6.00. The first-order valence-corrected chi connectivity index (χ1v) is 35.7. The molecule has 22 N–H and O–H groups in total. The molecule has 1 aromatic heterocycles. The molecule has 1 heterocycles. The average Bonchev–Trinajstić information content (AvgIpc) is 1.39. The number of aliphatic carboxylic acids is 3. The number of carbonyl (C=O) groups excluding carboxylic acids is 11. The van der Waals surface area contributed by atoms with Gasteiger partial charge in [0.25, 0.3) is 0 Å². The van der Waals surface area contributed by atoms with Crippen molar-refractivity contribution in [2.75, 3.05) is 6.54 Å². The molecule has 105 heavy (non-hydrogen) atoms. The van der Waals surface area contributed by atoms with E-state index in [2.05, 4.69) is 73.4 Å². The predicted molar refractivity (Wildman–Crippen MR) is 387 cm³/mol. The summed E-state index contributed by atoms with van der Waals surface area (Å²) >= 11 is 0. The third kappa shape index (κ3) is 35.5. The molecule has 0 spiro atoms. The van der Waals surface area contributed by atoms with E-state index in [1.165, 1.54) is 33.3 Å². The normalized spacial score (nSPS) is 15.1. The van der Waals surface area contributed by atoms with Gasteiger partial charge in [-0.3, -0.25) is 67.3 Å². The number of nitrogens with two attached hydrogens (primary N) is 3. The lowest BCUT2D eigenvalue weighted by Gasteiger charge is -2.30. The van der Waals surface area contributed by atoms with E-state index in [4.69, 9.17) is 17.2 Å². The highest BCUT2D eigenvalue weighted by atomic mass is 16.4. The third-order valence-electron chi connectivity index (χ3n) is 16.5. The van der Waals surface area contributed by atoms with Crippen LogP contribution < -0.4 is 75.7 Å². The maximum Gasteiger partial charge on any atom is 0.326 e. The van der Waals surface area contributed by atoms with Gasteiger partial charge in [-0.25, -0.2) is 9.78 Å². The molecule has 2 rings (SSSR count). The zero-order chi connectivity index (χ0) is 79.4. The van der Waals surface area contributed by atoms with Crippen molar-refractivity contribution in [1.29, 1.82) is 0 Å². The first-order valence-electron chi connectivity index (χ1n) is 35.7. The molecule has 0 unspecified atom stereocenters. The van der Waals surface area contributed by atoms with Crippen LogP contribution in [0, 0.1) is 29.6 Å². The topological polar surface area (TPSA) is 571 Å². The molecule has 0 saturated carbocycles. The molecule has 588 valence electrons. The van der Waals surface area contributed by atoms with E-state index in [-0.39, 0.29) is 94.0 Å². The highest BCUT2D eigenvalue weighted by Gasteiger charge is 2.39. The van der Waals surface area contributed by atoms with Crippen LogP contribution in [0.1, 0.15) is 178 Å². The first-order chi connectivity index (χ1) is 49.2. The lowest BCUT2D eigenvalue weighted by Crippen LogP contribution is -2.62. The molecule has 35 heteroatoms. The van der Waals surface area contributed by atoms with E-state index in [9.17, 15) is 87.5 Å². The molecule has 0 aliphatic rings. The van der Waals surface area contributed by atoms with Crippen LogP contribution in [-0.2, 0) is 80.0 Å². The molecule has 35 nitrogen and oxygen atoms in total. The van der Waals surface area contributed by atoms with Gasteiger partial charge in [-0.1, -0.05) is 119 Å². The number of aliphatic imine (C=N–C) groups is 1. The number of carbonyl (C=O) groups is 14. The molecule has 0 radical (unpaired) electrons. The molecular weight excluding hydrogens is 1370 g/mol. The number of amides is 11. The number of unbranched alkanes of at least 4 members (excludes halogenated alkanes) is 1. The lowest BCUT2D eigenvalue weighted by atomic mass is 9.98. The van der Waals surface area contributed by atoms with Gasteiger partial charge in [-0.15, -0.1) is 0 Å². The van der Waals surface area contributed by atoms with Crippen LogP contribution in [0.5, 0.6) is 0 Å². The number of hydrogen-bond donors (Lipinski definition) is 19. The Morgan fingerprint density at radius 1 is 0.448 bits per heavy atom. The molecule has 2 aromatic rings. The Morgan fingerprint density at radius 3 is 1.23 bits per heavy atom. The second kappa shape index (κ2) is 46.8. The first kappa shape index (κ1) is 91.3. The zero-order valence-electron chi connectivity index (χ0n) is 62.4. The molecule has 13 atom stereocenters. The second-order valence-corrected chi connectivity index (χ2v) is 28.4. The number of H-pyrrole nitrogens is 1. The number of nitrogens with zero attached hydrogens (tertiary/aromatic N) is 2. The van der Waals surface area contributed by atoms with E-state index in [0.29, 0.717) is 24.1 Å². The number of aliphatic hydroxyl groups is 1. The second-order valence-electron chi connectivity index (χ2n) is 28.4. The molecule has 0 aliphatic carbocycles. The Kier molecular flexibility index (Phi) is 40.7. The van der Waals surface area contributed by atoms with Crippen LogP contribution in [0.25, 0.3) is 0 Å². The number of benzene rings is 1. The minimum Gasteiger partial charge on any atom is -0.481 e. The quantitative estimate of drug-likeness (QED) is 0.0218. The van der Waals surface area contributed by atoms with Gasteiger partial charge in [0.05, 0.1) is 18.5 Å². The summed E-state index contributed by atoms with van der Waals surface area (Å²) in [6.07, 6.45) is -0.480. The van der Waals surface area contributed by atoms with Crippen LogP contribution in [0.15, 0.2) is 47.8 Å². The van der Waals surface area contributed by atoms with E-state index < -0.39 is 193 Å². The fraction of sp³-hybridized carbons (Fsp3) is 0.657. The van der Waals surface area contributed by atoms with E-state index in [1.807, 2.05) is 20.8 Å². The van der Waals surface area contributed by atoms with Crippen molar-refractivity contribution in [3.8, 4) is 0 Å². The van der Waals surface area contributed by atoms with Crippen molar-refractivity contribution in [3.63, 3.8) is 0 Å². The van der Waals surface area contributed by atoms with Crippen LogP contribution in [0.3, 0.4) is 0 Å². The van der Waals surface area contributed by atoms with Crippen LogP contribution in [0.2, 0.25) is 0 Å². The molecule has 0 bridgehead atoms. The number of rotatable bonds is 50. The van der Waals surface area contributed by atoms with Gasteiger partial charge in [0.15, 0.2) is 5.96 Å². The van der Waals surface area contributed by atoms with Crippen molar-refractivity contribution in [2.24, 2.45) is 51.8 Å². The van der Waals surface area contributed by atoms with Gasteiger partial charge >= 0.3 is 17.9 Å². The number of aromatic nitrogens is 2. The molecule has 0 aliphatic heterocycles. The lowest BCUT2D eigenvalue weighted by molar-refractivity contribution is -0.143. The molecule has 1 aromatic carbocycles. The largest absolute Gasteiger partial charge is 0.481 e. The van der Waals surface area contributed by atoms with Crippen molar-refractivity contribution < 1.29 is 87.5 Å². The Balaban J connectivity index is 2.59. The Bertz CT molecular complexity index is 3200. The monoisotopic (exact) mass is 1480 g/mol. The van der Waals surface area contributed by atoms with Crippen molar-refractivity contribution >= 4 is 88.8 Å². The fourth-order valence-corrected chi connectivity index (χ4v) is 11.0. The van der Waals surface area contributed by atoms with Gasteiger partial charge in [0, 0.05) is 44.1 Å². The standard InChI is InChI=1S/C70H115N17O18/c1-13-14-21-48(69(104)105)80-60(95)46(23-25-54(89)90)79-63(98)51(31-39(8)9)84-67(102)56(40(10)11)86-61(96)47(24-26-55(91)92)78-59(94)45(22-18-27-75-70(72)73)77-62(97)49(29-37(4)5)81-64(99)50(30-38(6)7)82-66(101)53(33-43-34-74-35-76-43)83-65(100)52(32-42-19-16-15-17-20-42)85-68(103)57(41(12)88)87-58(93)44(71)28-36(2)3/h15-17,19-20,34-41,44-53,56-57,88H,13-14,18,21-33,71H2,1-12H3,(H,74,76)(H,77,97)(H,78,94)(H,79,98)(H,80,95)(H,81,99)(H,82,101)(H,83,100)(H,84,102)(H,85,103)(H,86,96)(H,87,93)(H,89,90)(H,91,92)(H,104,105)(H4,72,73,75)/t41-,44+,45+,46+,47+,48+,49+,50+,51+,52-,53+,56+,57+/m1/s1. The Labute approximate surface area is 613 Å². The van der Waals surface area contributed by atoms with Crippen LogP contribution in [-0.4, -0.2) is 204 Å². The number of guanidine groups is 1. The van der Waals surface area contributed by atoms with Crippen LogP contribution >= 0.6 is 0 Å². The molecular formula is C70H115N17O18. The summed E-state index contributed by atoms with van der Waals surface area (Å²) in [7, 11) is 0. The van der Waals surface area contributed by atoms with E-state index in [1.54, 1.807) is 71.9 Å². The van der Waals surface area contributed by atoms with Crippen molar-refractivity contribution in [2.45, 2.75) is 258 Å². The molecule has 11 amide bonds. The number of imidazole rings is 1.